The van der Waals surface area contributed by atoms with E-state index in [1.165, 1.54) is 16.7 Å². The minimum Gasteiger partial charge on any atom is -0.300 e. The first kappa shape index (κ1) is 19.7. The van der Waals surface area contributed by atoms with E-state index in [4.69, 9.17) is 0 Å². The van der Waals surface area contributed by atoms with Crippen molar-refractivity contribution in [2.24, 2.45) is 29.1 Å². The number of ketones is 2. The Balaban J connectivity index is 1.70. The lowest BCUT2D eigenvalue weighted by atomic mass is 9.51. The second-order valence-electron chi connectivity index (χ2n) is 10.2. The van der Waals surface area contributed by atoms with Crippen LogP contribution in [0.2, 0.25) is 0 Å². The minimum absolute atomic E-state index is 0.00558. The Morgan fingerprint density at radius 1 is 1.17 bits per heavy atom. The Morgan fingerprint density at radius 3 is 2.63 bits per heavy atom. The molecule has 2 saturated carbocycles. The summed E-state index contributed by atoms with van der Waals surface area (Å²) in [5.74, 6) is 2.35. The van der Waals surface area contributed by atoms with Gasteiger partial charge in [-0.05, 0) is 85.0 Å². The third-order valence-corrected chi connectivity index (χ3v) is 8.78. The zero-order valence-corrected chi connectivity index (χ0v) is 18.2. The molecule has 1 aromatic rings. The molecule has 2 heteroatoms. The summed E-state index contributed by atoms with van der Waals surface area (Å²) in [5.41, 5.74) is 5.74. The smallest absolute Gasteiger partial charge is 0.156 e. The molecule has 0 radical (unpaired) electrons. The molecule has 156 valence electrons. The molecule has 0 bridgehead atoms. The number of hydrogen-bond acceptors (Lipinski definition) is 2. The topological polar surface area (TPSA) is 34.1 Å². The van der Waals surface area contributed by atoms with Gasteiger partial charge >= 0.3 is 0 Å². The summed E-state index contributed by atoms with van der Waals surface area (Å²) in [6.45, 7) is 8.28. The Morgan fingerprint density at radius 2 is 1.93 bits per heavy atom. The third kappa shape index (κ3) is 2.83. The number of carbonyl (C=O) groups excluding carboxylic acids is 2. The summed E-state index contributed by atoms with van der Waals surface area (Å²) >= 11 is 0. The van der Waals surface area contributed by atoms with Crippen molar-refractivity contribution in [1.82, 2.24) is 0 Å². The van der Waals surface area contributed by atoms with Gasteiger partial charge in [0, 0.05) is 18.3 Å². The average Bonchev–Trinajstić information content (AvgIpc) is 3.05. The average molecular weight is 401 g/mol. The highest BCUT2D eigenvalue weighted by Crippen LogP contribution is 2.67. The van der Waals surface area contributed by atoms with Crippen molar-refractivity contribution in [3.05, 3.63) is 71.3 Å². The maximum atomic E-state index is 12.8. The number of Topliss-reactive ketones (excluding diaryl/α,β-unsaturated/α-hetero) is 1. The van der Waals surface area contributed by atoms with Crippen LogP contribution in [0.25, 0.3) is 0 Å². The Labute approximate surface area is 180 Å². The van der Waals surface area contributed by atoms with Crippen molar-refractivity contribution in [2.75, 3.05) is 0 Å². The van der Waals surface area contributed by atoms with Crippen molar-refractivity contribution in [2.45, 2.75) is 58.3 Å². The number of hydrogen-bond donors (Lipinski definition) is 0. The van der Waals surface area contributed by atoms with Gasteiger partial charge in [-0.15, -0.1) is 6.58 Å². The summed E-state index contributed by atoms with van der Waals surface area (Å²) < 4.78 is 0. The van der Waals surface area contributed by atoms with Gasteiger partial charge in [-0.25, -0.2) is 0 Å². The van der Waals surface area contributed by atoms with Gasteiger partial charge in [-0.1, -0.05) is 48.9 Å². The van der Waals surface area contributed by atoms with Crippen LogP contribution in [-0.4, -0.2) is 11.6 Å². The van der Waals surface area contributed by atoms with Gasteiger partial charge in [0.1, 0.15) is 5.78 Å². The molecule has 4 aliphatic carbocycles. The molecule has 1 aromatic carbocycles. The predicted octanol–water partition coefficient (Wildman–Crippen LogP) is 6.20. The van der Waals surface area contributed by atoms with Crippen LogP contribution >= 0.6 is 0 Å². The lowest BCUT2D eigenvalue weighted by Gasteiger charge is -2.52. The minimum atomic E-state index is 0.00558. The fourth-order valence-electron chi connectivity index (χ4n) is 7.74. The largest absolute Gasteiger partial charge is 0.300 e. The number of fused-ring (bicyclic) bond motifs is 4. The molecule has 6 atom stereocenters. The number of benzene rings is 1. The van der Waals surface area contributed by atoms with Crippen LogP contribution in [0.1, 0.15) is 63.9 Å². The van der Waals surface area contributed by atoms with E-state index in [1.807, 2.05) is 12.2 Å². The van der Waals surface area contributed by atoms with Gasteiger partial charge in [0.05, 0.1) is 0 Å². The zero-order valence-electron chi connectivity index (χ0n) is 18.2. The van der Waals surface area contributed by atoms with Gasteiger partial charge < -0.3 is 0 Å². The molecule has 2 nitrogen and oxygen atoms in total. The Hall–Kier alpha value is -2.22. The zero-order chi connectivity index (χ0) is 21.0. The molecule has 2 fully saturated rings. The summed E-state index contributed by atoms with van der Waals surface area (Å²) in [5, 5.41) is 0. The number of allylic oxidation sites excluding steroid dienone is 5. The molecule has 0 amide bonds. The van der Waals surface area contributed by atoms with E-state index < -0.39 is 0 Å². The van der Waals surface area contributed by atoms with Crippen LogP contribution < -0.4 is 0 Å². The summed E-state index contributed by atoms with van der Waals surface area (Å²) in [4.78, 5) is 25.0. The summed E-state index contributed by atoms with van der Waals surface area (Å²) in [6.07, 6.45) is 9.72. The van der Waals surface area contributed by atoms with Crippen LogP contribution in [0.4, 0.5) is 0 Å². The molecular formula is C28H32O2. The van der Waals surface area contributed by atoms with E-state index >= 15 is 0 Å². The van der Waals surface area contributed by atoms with E-state index in [9.17, 15) is 9.59 Å². The molecule has 0 aliphatic heterocycles. The predicted molar refractivity (Wildman–Crippen MR) is 120 cm³/mol. The molecule has 30 heavy (non-hydrogen) atoms. The standard InChI is InChI=1S/C28H32O2/c1-4-18-15-25-23-12-10-20-14-21(30)11-13-22(20)26(23)24(19-8-6-5-7-9-19)16-28(25,3)27(18)17(2)29/h4-9,14,18,23-25,27H,1,10-13,15-16H2,2-3H3/t18-,23?,24-,25?,27?,28+/m1/s1. The van der Waals surface area contributed by atoms with Crippen LogP contribution in [0.5, 0.6) is 0 Å². The highest BCUT2D eigenvalue weighted by Gasteiger charge is 2.60. The third-order valence-electron chi connectivity index (χ3n) is 8.78. The number of rotatable bonds is 3. The van der Waals surface area contributed by atoms with Crippen molar-refractivity contribution in [3.63, 3.8) is 0 Å². The Kier molecular flexibility index (Phi) is 4.72. The van der Waals surface area contributed by atoms with E-state index in [-0.39, 0.29) is 23.0 Å². The second kappa shape index (κ2) is 7.18. The van der Waals surface area contributed by atoms with Crippen molar-refractivity contribution >= 4 is 11.6 Å². The fraction of sp³-hybridized carbons (Fsp3) is 0.500. The first-order valence-corrected chi connectivity index (χ1v) is 11.6. The molecule has 3 unspecified atom stereocenters. The maximum absolute atomic E-state index is 12.8. The van der Waals surface area contributed by atoms with E-state index in [0.717, 1.165) is 32.1 Å². The van der Waals surface area contributed by atoms with Crippen LogP contribution in [-0.2, 0) is 9.59 Å². The fourth-order valence-corrected chi connectivity index (χ4v) is 7.74. The highest BCUT2D eigenvalue weighted by molar-refractivity contribution is 5.93. The van der Waals surface area contributed by atoms with Crippen LogP contribution in [0, 0.1) is 29.1 Å². The Bertz CT molecular complexity index is 966. The summed E-state index contributed by atoms with van der Waals surface area (Å²) in [7, 11) is 0. The SMILES string of the molecule is C=C[C@@H]1CC2C3CCC4=CC(=O)CCC4=C3[C@@H](c3ccccc3)C[C@]2(C)C1C(C)=O. The first-order valence-electron chi connectivity index (χ1n) is 11.6. The van der Waals surface area contributed by atoms with Gasteiger partial charge in [-0.3, -0.25) is 9.59 Å². The first-order chi connectivity index (χ1) is 14.4. The van der Waals surface area contributed by atoms with Gasteiger partial charge in [0.25, 0.3) is 0 Å². The van der Waals surface area contributed by atoms with E-state index in [2.05, 4.69) is 43.8 Å². The quantitative estimate of drug-likeness (QED) is 0.566. The lowest BCUT2D eigenvalue weighted by Crippen LogP contribution is -2.45. The normalized spacial score (nSPS) is 37.7. The molecule has 0 heterocycles. The molecule has 5 rings (SSSR count). The molecule has 4 aliphatic rings. The summed E-state index contributed by atoms with van der Waals surface area (Å²) in [6, 6.07) is 10.9. The number of carbonyl (C=O) groups is 2. The maximum Gasteiger partial charge on any atom is 0.156 e. The van der Waals surface area contributed by atoms with Crippen LogP contribution in [0.3, 0.4) is 0 Å². The van der Waals surface area contributed by atoms with Crippen molar-refractivity contribution in [3.8, 4) is 0 Å². The molecular weight excluding hydrogens is 368 g/mol. The molecule has 0 aromatic heterocycles. The lowest BCUT2D eigenvalue weighted by molar-refractivity contribution is -0.126. The van der Waals surface area contributed by atoms with Gasteiger partial charge in [0.2, 0.25) is 0 Å². The molecule has 0 saturated heterocycles. The monoisotopic (exact) mass is 400 g/mol. The van der Waals surface area contributed by atoms with E-state index in [0.29, 0.717) is 30.0 Å². The van der Waals surface area contributed by atoms with Gasteiger partial charge in [-0.2, -0.15) is 0 Å². The molecule has 0 spiro atoms. The van der Waals surface area contributed by atoms with Crippen LogP contribution in [0.15, 0.2) is 65.8 Å². The second-order valence-corrected chi connectivity index (χ2v) is 10.2. The van der Waals surface area contributed by atoms with Crippen molar-refractivity contribution in [1.29, 1.82) is 0 Å². The highest BCUT2D eigenvalue weighted by atomic mass is 16.1. The van der Waals surface area contributed by atoms with E-state index in [1.54, 1.807) is 12.5 Å². The van der Waals surface area contributed by atoms with Crippen molar-refractivity contribution < 1.29 is 9.59 Å². The molecule has 0 N–H and O–H groups in total. The van der Waals surface area contributed by atoms with Gasteiger partial charge in [0.15, 0.2) is 5.78 Å².